The first-order valence-corrected chi connectivity index (χ1v) is 11.0. The molecule has 0 atom stereocenters. The van der Waals surface area contributed by atoms with E-state index in [4.69, 9.17) is 0 Å². The van der Waals surface area contributed by atoms with Crippen molar-refractivity contribution in [3.8, 4) is 23.1 Å². The van der Waals surface area contributed by atoms with Gasteiger partial charge in [0.25, 0.3) is 0 Å². The number of benzene rings is 2. The summed E-state index contributed by atoms with van der Waals surface area (Å²) >= 11 is 1.75. The van der Waals surface area contributed by atoms with E-state index in [1.54, 1.807) is 24.1 Å². The summed E-state index contributed by atoms with van der Waals surface area (Å²) in [6.45, 7) is -2.11. The van der Waals surface area contributed by atoms with Crippen LogP contribution in [0.15, 0.2) is 42.5 Å². The van der Waals surface area contributed by atoms with E-state index >= 15 is 0 Å². The molecule has 0 bridgehead atoms. The van der Waals surface area contributed by atoms with Crippen LogP contribution in [0.3, 0.4) is 0 Å². The monoisotopic (exact) mass is 425 g/mol. The Bertz CT molecular complexity index is 1110. The smallest absolute Gasteiger partial charge is 0.387 e. The van der Waals surface area contributed by atoms with Gasteiger partial charge in [0.1, 0.15) is 11.8 Å². The highest BCUT2D eigenvalue weighted by molar-refractivity contribution is 8.01. The van der Waals surface area contributed by atoms with Crippen molar-refractivity contribution in [3.63, 3.8) is 0 Å². The van der Waals surface area contributed by atoms with E-state index in [9.17, 15) is 14.0 Å². The van der Waals surface area contributed by atoms with Crippen molar-refractivity contribution in [1.29, 1.82) is 5.26 Å². The van der Waals surface area contributed by atoms with Gasteiger partial charge in [0.15, 0.2) is 0 Å². The third kappa shape index (κ3) is 3.97. The Morgan fingerprint density at radius 3 is 2.53 bits per heavy atom. The second kappa shape index (κ2) is 7.84. The van der Waals surface area contributed by atoms with Gasteiger partial charge in [-0.2, -0.15) is 14.0 Å². The number of ether oxygens (including phenoxy) is 1. The molecule has 0 radical (unpaired) electrons. The average molecular weight is 426 g/mol. The molecular formula is C23H21F2N3OS. The highest BCUT2D eigenvalue weighted by Gasteiger charge is 2.27. The molecule has 0 saturated heterocycles. The lowest BCUT2D eigenvalue weighted by Crippen LogP contribution is -2.04. The molecule has 0 amide bonds. The minimum atomic E-state index is -2.88. The molecule has 5 rings (SSSR count). The molecule has 2 fully saturated rings. The number of rotatable bonds is 8. The number of fused-ring (bicyclic) bond motifs is 1. The molecule has 4 nitrogen and oxygen atoms in total. The van der Waals surface area contributed by atoms with Gasteiger partial charge in [-0.15, -0.1) is 0 Å². The summed E-state index contributed by atoms with van der Waals surface area (Å²) in [5, 5.41) is 11.4. The molecule has 2 saturated carbocycles. The van der Waals surface area contributed by atoms with Crippen molar-refractivity contribution < 1.29 is 13.5 Å². The molecule has 2 aliphatic rings. The molecule has 3 aromatic rings. The number of anilines is 1. The minimum Gasteiger partial charge on any atom is -0.435 e. The molecule has 1 heterocycles. The number of nitrogens with zero attached hydrogens (tertiary/aromatic N) is 2. The highest BCUT2D eigenvalue weighted by atomic mass is 32.2. The molecule has 0 spiro atoms. The highest BCUT2D eigenvalue weighted by Crippen LogP contribution is 2.40. The van der Waals surface area contributed by atoms with Crippen molar-refractivity contribution in [2.45, 2.75) is 44.1 Å². The molecule has 154 valence electrons. The molecule has 1 N–H and O–H groups in total. The predicted molar refractivity (Wildman–Crippen MR) is 116 cm³/mol. The first kappa shape index (κ1) is 19.3. The molecule has 0 unspecified atom stereocenters. The van der Waals surface area contributed by atoms with Gasteiger partial charge in [-0.05, 0) is 73.4 Å². The van der Waals surface area contributed by atoms with Gasteiger partial charge in [0.05, 0.1) is 16.8 Å². The summed E-state index contributed by atoms with van der Waals surface area (Å²) in [6.07, 6.45) is 4.82. The molecule has 7 heteroatoms. The van der Waals surface area contributed by atoms with Crippen molar-refractivity contribution in [3.05, 3.63) is 48.0 Å². The second-order valence-corrected chi connectivity index (χ2v) is 9.05. The maximum Gasteiger partial charge on any atom is 0.387 e. The summed E-state index contributed by atoms with van der Waals surface area (Å²) in [7, 11) is 0. The van der Waals surface area contributed by atoms with E-state index in [2.05, 4.69) is 20.1 Å². The number of aromatic nitrogens is 1. The standard InChI is InChI=1S/C23H21F2N3OS/c24-23(25)29-17-7-10-19-20(12-26)22(28(21(19)11-17)13-14-1-2-14)15-3-5-16(6-4-15)27-30-18-8-9-18/h3-7,10-11,14,18,23,27H,1-2,8-9,13H2. The Morgan fingerprint density at radius 1 is 1.13 bits per heavy atom. The quantitative estimate of drug-likeness (QED) is 0.424. The Labute approximate surface area is 178 Å². The van der Waals surface area contributed by atoms with Crippen LogP contribution in [-0.4, -0.2) is 16.4 Å². The second-order valence-electron chi connectivity index (χ2n) is 7.94. The number of hydrogen-bond acceptors (Lipinski definition) is 4. The summed E-state index contributed by atoms with van der Waals surface area (Å²) < 4.78 is 35.5. The maximum atomic E-state index is 12.7. The van der Waals surface area contributed by atoms with Gasteiger partial charge in [-0.3, -0.25) is 0 Å². The average Bonchev–Trinajstić information content (AvgIpc) is 3.65. The van der Waals surface area contributed by atoms with Crippen LogP contribution in [0.2, 0.25) is 0 Å². The zero-order valence-corrected chi connectivity index (χ0v) is 17.1. The summed E-state index contributed by atoms with van der Waals surface area (Å²) in [5.74, 6) is 0.668. The molecule has 1 aromatic heterocycles. The number of halogens is 2. The van der Waals surface area contributed by atoms with E-state index < -0.39 is 6.61 Å². The Kier molecular flexibility index (Phi) is 5.03. The topological polar surface area (TPSA) is 50.0 Å². The first-order chi connectivity index (χ1) is 14.6. The van der Waals surface area contributed by atoms with Crippen LogP contribution < -0.4 is 9.46 Å². The van der Waals surface area contributed by atoms with Crippen molar-refractivity contribution >= 4 is 28.5 Å². The van der Waals surface area contributed by atoms with Crippen molar-refractivity contribution in [1.82, 2.24) is 4.57 Å². The van der Waals surface area contributed by atoms with Gasteiger partial charge in [0, 0.05) is 28.9 Å². The summed E-state index contributed by atoms with van der Waals surface area (Å²) in [6, 6.07) is 15.3. The molecule has 30 heavy (non-hydrogen) atoms. The van der Waals surface area contributed by atoms with E-state index in [1.807, 2.05) is 24.3 Å². The van der Waals surface area contributed by atoms with Gasteiger partial charge in [0.2, 0.25) is 0 Å². The molecule has 0 aliphatic heterocycles. The number of hydrogen-bond donors (Lipinski definition) is 1. The first-order valence-electron chi connectivity index (χ1n) is 10.2. The lowest BCUT2D eigenvalue weighted by molar-refractivity contribution is -0.0497. The van der Waals surface area contributed by atoms with Gasteiger partial charge < -0.3 is 14.0 Å². The molecule has 2 aliphatic carbocycles. The van der Waals surface area contributed by atoms with E-state index in [1.165, 1.54) is 18.9 Å². The number of alkyl halides is 2. The van der Waals surface area contributed by atoms with Gasteiger partial charge >= 0.3 is 6.61 Å². The van der Waals surface area contributed by atoms with Crippen LogP contribution in [0.5, 0.6) is 5.75 Å². The predicted octanol–water partition coefficient (Wildman–Crippen LogP) is 6.41. The third-order valence-electron chi connectivity index (χ3n) is 5.54. The SMILES string of the molecule is N#Cc1c(-c2ccc(NSC3CC3)cc2)n(CC2CC2)c2cc(OC(F)F)ccc12. The minimum absolute atomic E-state index is 0.111. The van der Waals surface area contributed by atoms with E-state index in [0.29, 0.717) is 16.7 Å². The van der Waals surface area contributed by atoms with Gasteiger partial charge in [-0.25, -0.2) is 0 Å². The Balaban J connectivity index is 1.57. The summed E-state index contributed by atoms with van der Waals surface area (Å²) in [5.41, 5.74) is 4.16. The third-order valence-corrected chi connectivity index (χ3v) is 6.70. The zero-order chi connectivity index (χ0) is 20.7. The molecular weight excluding hydrogens is 404 g/mol. The maximum absolute atomic E-state index is 12.7. The van der Waals surface area contributed by atoms with Crippen LogP contribution in [0.25, 0.3) is 22.2 Å². The van der Waals surface area contributed by atoms with Crippen LogP contribution >= 0.6 is 11.9 Å². The fourth-order valence-electron chi connectivity index (χ4n) is 3.70. The van der Waals surface area contributed by atoms with Crippen molar-refractivity contribution in [2.24, 2.45) is 5.92 Å². The van der Waals surface area contributed by atoms with Crippen LogP contribution in [-0.2, 0) is 6.54 Å². The Hall–Kier alpha value is -2.72. The molecule has 2 aromatic carbocycles. The fraction of sp³-hybridized carbons (Fsp3) is 0.348. The lowest BCUT2D eigenvalue weighted by Gasteiger charge is -2.12. The van der Waals surface area contributed by atoms with Gasteiger partial charge in [-0.1, -0.05) is 12.1 Å². The van der Waals surface area contributed by atoms with Crippen LogP contribution in [0.1, 0.15) is 31.2 Å². The van der Waals surface area contributed by atoms with E-state index in [0.717, 1.165) is 47.2 Å². The zero-order valence-electron chi connectivity index (χ0n) is 16.3. The van der Waals surface area contributed by atoms with Crippen LogP contribution in [0, 0.1) is 17.2 Å². The number of nitrogens with one attached hydrogen (secondary N) is 1. The normalized spacial score (nSPS) is 16.1. The Morgan fingerprint density at radius 2 is 1.90 bits per heavy atom. The van der Waals surface area contributed by atoms with Crippen LogP contribution in [0.4, 0.5) is 14.5 Å². The van der Waals surface area contributed by atoms with Crippen molar-refractivity contribution in [2.75, 3.05) is 4.72 Å². The summed E-state index contributed by atoms with van der Waals surface area (Å²) in [4.78, 5) is 0. The fourth-order valence-corrected chi connectivity index (χ4v) is 4.51. The largest absolute Gasteiger partial charge is 0.435 e. The lowest BCUT2D eigenvalue weighted by atomic mass is 10.1. The van der Waals surface area contributed by atoms with E-state index in [-0.39, 0.29) is 5.75 Å². The number of nitriles is 1.